The van der Waals surface area contributed by atoms with E-state index in [0.29, 0.717) is 18.7 Å². The lowest BCUT2D eigenvalue weighted by molar-refractivity contribution is 0.0631. The summed E-state index contributed by atoms with van der Waals surface area (Å²) < 4.78 is 7.38. The number of hydrogen-bond acceptors (Lipinski definition) is 4. The summed E-state index contributed by atoms with van der Waals surface area (Å²) in [6.07, 6.45) is 1.68. The second-order valence-electron chi connectivity index (χ2n) is 7.35. The van der Waals surface area contributed by atoms with Crippen LogP contribution in [0.2, 0.25) is 0 Å². The highest BCUT2D eigenvalue weighted by atomic mass is 16.5. The molecule has 1 saturated heterocycles. The zero-order chi connectivity index (χ0) is 20.4. The van der Waals surface area contributed by atoms with Gasteiger partial charge in [0, 0.05) is 25.2 Å². The van der Waals surface area contributed by atoms with Crippen LogP contribution in [0, 0.1) is 13.8 Å². The number of rotatable bonds is 4. The van der Waals surface area contributed by atoms with Gasteiger partial charge >= 0.3 is 0 Å². The van der Waals surface area contributed by atoms with Crippen molar-refractivity contribution in [3.05, 3.63) is 77.1 Å². The minimum absolute atomic E-state index is 0.00110. The monoisotopic (exact) mass is 390 g/mol. The molecule has 1 amide bonds. The maximum absolute atomic E-state index is 13.5. The Hall–Kier alpha value is -3.12. The fraction of sp³-hybridized carbons (Fsp3) is 0.304. The second kappa shape index (κ2) is 8.09. The van der Waals surface area contributed by atoms with E-state index >= 15 is 0 Å². The Morgan fingerprint density at radius 1 is 1.17 bits per heavy atom. The molecule has 1 aliphatic heterocycles. The maximum Gasteiger partial charge on any atom is 0.257 e. The number of nitrogens with zero attached hydrogens (tertiary/aromatic N) is 3. The van der Waals surface area contributed by atoms with Crippen molar-refractivity contribution in [3.63, 3.8) is 0 Å². The lowest BCUT2D eigenvalue weighted by atomic mass is 10.0. The summed E-state index contributed by atoms with van der Waals surface area (Å²) in [6, 6.07) is 15.9. The van der Waals surface area contributed by atoms with Crippen molar-refractivity contribution in [2.24, 2.45) is 0 Å². The molecule has 1 aliphatic rings. The SMILES string of the molecule is COc1ccccc1C1CNCCN1C(=O)c1cnn(-c2cccc(C)c2)c1C. The van der Waals surface area contributed by atoms with E-state index in [2.05, 4.69) is 16.5 Å². The molecule has 150 valence electrons. The highest BCUT2D eigenvalue weighted by Gasteiger charge is 2.32. The Morgan fingerprint density at radius 3 is 2.79 bits per heavy atom. The molecule has 1 N–H and O–H groups in total. The number of para-hydroxylation sites is 1. The van der Waals surface area contributed by atoms with Crippen LogP contribution in [-0.4, -0.2) is 47.3 Å². The van der Waals surface area contributed by atoms with Gasteiger partial charge in [-0.15, -0.1) is 0 Å². The van der Waals surface area contributed by atoms with Crippen LogP contribution < -0.4 is 10.1 Å². The van der Waals surface area contributed by atoms with Crippen LogP contribution in [0.25, 0.3) is 5.69 Å². The fourth-order valence-electron chi connectivity index (χ4n) is 3.96. The van der Waals surface area contributed by atoms with Gasteiger partial charge in [0.05, 0.1) is 36.3 Å². The van der Waals surface area contributed by atoms with E-state index < -0.39 is 0 Å². The minimum Gasteiger partial charge on any atom is -0.496 e. The van der Waals surface area contributed by atoms with Gasteiger partial charge in [0.1, 0.15) is 5.75 Å². The molecule has 0 saturated carbocycles. The Balaban J connectivity index is 1.68. The van der Waals surface area contributed by atoms with Crippen LogP contribution in [0.3, 0.4) is 0 Å². The first-order valence-corrected chi connectivity index (χ1v) is 9.86. The molecule has 2 heterocycles. The standard InChI is InChI=1S/C23H26N4O2/c1-16-7-6-8-18(13-16)27-17(2)20(14-25-27)23(28)26-12-11-24-15-21(26)19-9-4-5-10-22(19)29-3/h4-10,13-14,21,24H,11-12,15H2,1-3H3. The molecule has 1 atom stereocenters. The van der Waals surface area contributed by atoms with Crippen molar-refractivity contribution >= 4 is 5.91 Å². The van der Waals surface area contributed by atoms with Gasteiger partial charge in [-0.2, -0.15) is 5.10 Å². The minimum atomic E-state index is -0.0888. The van der Waals surface area contributed by atoms with Crippen molar-refractivity contribution in [2.75, 3.05) is 26.7 Å². The van der Waals surface area contributed by atoms with Crippen molar-refractivity contribution in [1.82, 2.24) is 20.0 Å². The number of aryl methyl sites for hydroxylation is 1. The Bertz CT molecular complexity index is 1030. The Kier molecular flexibility index (Phi) is 5.36. The first-order valence-electron chi connectivity index (χ1n) is 9.86. The van der Waals surface area contributed by atoms with Gasteiger partial charge in [-0.25, -0.2) is 4.68 Å². The van der Waals surface area contributed by atoms with E-state index in [1.165, 1.54) is 0 Å². The molecule has 0 radical (unpaired) electrons. The normalized spacial score (nSPS) is 16.7. The third-order valence-electron chi connectivity index (χ3n) is 5.49. The van der Waals surface area contributed by atoms with Crippen LogP contribution in [0.5, 0.6) is 5.75 Å². The quantitative estimate of drug-likeness (QED) is 0.743. The highest BCUT2D eigenvalue weighted by Crippen LogP contribution is 2.31. The lowest BCUT2D eigenvalue weighted by Crippen LogP contribution is -2.48. The number of amides is 1. The average Bonchev–Trinajstić information content (AvgIpc) is 3.14. The van der Waals surface area contributed by atoms with Gasteiger partial charge in [0.2, 0.25) is 0 Å². The third kappa shape index (κ3) is 3.63. The van der Waals surface area contributed by atoms with Gasteiger partial charge < -0.3 is 15.0 Å². The van der Waals surface area contributed by atoms with Crippen LogP contribution in [0.1, 0.15) is 33.2 Å². The molecule has 0 bridgehead atoms. The molecular weight excluding hydrogens is 364 g/mol. The van der Waals surface area contributed by atoms with Gasteiger partial charge in [-0.1, -0.05) is 30.3 Å². The number of carbonyl (C=O) groups excluding carboxylic acids is 1. The van der Waals surface area contributed by atoms with E-state index in [-0.39, 0.29) is 11.9 Å². The summed E-state index contributed by atoms with van der Waals surface area (Å²) in [5.41, 5.74) is 4.61. The molecule has 6 heteroatoms. The van der Waals surface area contributed by atoms with E-state index in [1.54, 1.807) is 13.3 Å². The molecule has 1 fully saturated rings. The van der Waals surface area contributed by atoms with Gasteiger partial charge in [0.15, 0.2) is 0 Å². The van der Waals surface area contributed by atoms with Crippen LogP contribution in [0.4, 0.5) is 0 Å². The van der Waals surface area contributed by atoms with Crippen LogP contribution >= 0.6 is 0 Å². The van der Waals surface area contributed by atoms with Crippen molar-refractivity contribution < 1.29 is 9.53 Å². The van der Waals surface area contributed by atoms with Gasteiger partial charge in [-0.3, -0.25) is 4.79 Å². The molecular formula is C23H26N4O2. The number of benzene rings is 2. The Morgan fingerprint density at radius 2 is 2.00 bits per heavy atom. The maximum atomic E-state index is 13.5. The lowest BCUT2D eigenvalue weighted by Gasteiger charge is -2.37. The van der Waals surface area contributed by atoms with Gasteiger partial charge in [-0.05, 0) is 37.6 Å². The van der Waals surface area contributed by atoms with Crippen molar-refractivity contribution in [2.45, 2.75) is 19.9 Å². The molecule has 2 aromatic carbocycles. The van der Waals surface area contributed by atoms with E-state index in [0.717, 1.165) is 34.8 Å². The van der Waals surface area contributed by atoms with Gasteiger partial charge in [0.25, 0.3) is 5.91 Å². The number of hydrogen-bond donors (Lipinski definition) is 1. The number of aromatic nitrogens is 2. The Labute approximate surface area is 171 Å². The first kappa shape index (κ1) is 19.2. The largest absolute Gasteiger partial charge is 0.496 e. The summed E-state index contributed by atoms with van der Waals surface area (Å²) in [5, 5.41) is 7.91. The molecule has 0 aliphatic carbocycles. The molecule has 0 spiro atoms. The number of ether oxygens (including phenoxy) is 1. The first-order chi connectivity index (χ1) is 14.1. The molecule has 1 aromatic heterocycles. The zero-order valence-corrected chi connectivity index (χ0v) is 17.1. The number of methoxy groups -OCH3 is 1. The average molecular weight is 390 g/mol. The number of carbonyl (C=O) groups is 1. The molecule has 29 heavy (non-hydrogen) atoms. The molecule has 3 aromatic rings. The zero-order valence-electron chi connectivity index (χ0n) is 17.1. The predicted octanol–water partition coefficient (Wildman–Crippen LogP) is 3.28. The van der Waals surface area contributed by atoms with Crippen molar-refractivity contribution in [3.8, 4) is 11.4 Å². The molecule has 1 unspecified atom stereocenters. The predicted molar refractivity (Wildman–Crippen MR) is 113 cm³/mol. The fourth-order valence-corrected chi connectivity index (χ4v) is 3.96. The summed E-state index contributed by atoms with van der Waals surface area (Å²) >= 11 is 0. The highest BCUT2D eigenvalue weighted by molar-refractivity contribution is 5.95. The summed E-state index contributed by atoms with van der Waals surface area (Å²) in [4.78, 5) is 15.4. The summed E-state index contributed by atoms with van der Waals surface area (Å²) in [5.74, 6) is 0.796. The number of piperazine rings is 1. The van der Waals surface area contributed by atoms with Crippen molar-refractivity contribution in [1.29, 1.82) is 0 Å². The van der Waals surface area contributed by atoms with Crippen LogP contribution in [0.15, 0.2) is 54.7 Å². The topological polar surface area (TPSA) is 59.4 Å². The second-order valence-corrected chi connectivity index (χ2v) is 7.35. The summed E-state index contributed by atoms with van der Waals surface area (Å²) in [7, 11) is 1.66. The molecule has 6 nitrogen and oxygen atoms in total. The molecule has 4 rings (SSSR count). The van der Waals surface area contributed by atoms with E-state index in [9.17, 15) is 4.79 Å². The van der Waals surface area contributed by atoms with E-state index in [1.807, 2.05) is 65.9 Å². The summed E-state index contributed by atoms with van der Waals surface area (Å²) in [6.45, 7) is 6.09. The van der Waals surface area contributed by atoms with E-state index in [4.69, 9.17) is 4.74 Å². The van der Waals surface area contributed by atoms with Crippen LogP contribution in [-0.2, 0) is 0 Å². The third-order valence-corrected chi connectivity index (χ3v) is 5.49. The smallest absolute Gasteiger partial charge is 0.257 e. The number of nitrogens with one attached hydrogen (secondary N) is 1.